The van der Waals surface area contributed by atoms with Gasteiger partial charge in [-0.15, -0.1) is 0 Å². The molecule has 7 rings (SSSR count). The molecule has 8 nitrogen and oxygen atoms in total. The lowest BCUT2D eigenvalue weighted by Gasteiger charge is -2.40. The molecule has 10 heteroatoms. The van der Waals surface area contributed by atoms with Crippen LogP contribution in [0.1, 0.15) is 36.8 Å². The van der Waals surface area contributed by atoms with E-state index >= 15 is 4.39 Å². The van der Waals surface area contributed by atoms with Crippen LogP contribution in [0.25, 0.3) is 10.9 Å². The van der Waals surface area contributed by atoms with Crippen LogP contribution in [0.2, 0.25) is 0 Å². The predicted octanol–water partition coefficient (Wildman–Crippen LogP) is 6.51. The average Bonchev–Trinajstić information content (AvgIpc) is 3.91. The molecular formula is C38H38F2N2O6. The minimum Gasteiger partial charge on any atom is -0.493 e. The topological polar surface area (TPSA) is 87.2 Å². The molecule has 2 aliphatic carbocycles. The van der Waals surface area contributed by atoms with Crippen molar-refractivity contribution in [1.29, 1.82) is 0 Å². The van der Waals surface area contributed by atoms with Crippen LogP contribution in [0.15, 0.2) is 66.9 Å². The molecule has 0 spiro atoms. The van der Waals surface area contributed by atoms with Gasteiger partial charge in [0.15, 0.2) is 34.6 Å². The number of aromatic nitrogens is 1. The summed E-state index contributed by atoms with van der Waals surface area (Å²) in [5.74, 6) is 0.532. The molecule has 3 aromatic carbocycles. The highest BCUT2D eigenvalue weighted by molar-refractivity contribution is 6.11. The summed E-state index contributed by atoms with van der Waals surface area (Å²) < 4.78 is 52.3. The van der Waals surface area contributed by atoms with Crippen molar-refractivity contribution in [3.05, 3.63) is 89.6 Å². The van der Waals surface area contributed by atoms with Gasteiger partial charge in [-0.1, -0.05) is 18.2 Å². The van der Waals surface area contributed by atoms with Crippen molar-refractivity contribution < 1.29 is 37.3 Å². The Morgan fingerprint density at radius 1 is 0.875 bits per heavy atom. The van der Waals surface area contributed by atoms with E-state index in [4.69, 9.17) is 18.9 Å². The van der Waals surface area contributed by atoms with Crippen molar-refractivity contribution in [1.82, 2.24) is 9.88 Å². The van der Waals surface area contributed by atoms with Crippen LogP contribution in [0.5, 0.6) is 23.0 Å². The van der Waals surface area contributed by atoms with E-state index < -0.39 is 11.2 Å². The first kappa shape index (κ1) is 32.2. The lowest BCUT2D eigenvalue weighted by atomic mass is 9.81. The smallest absolute Gasteiger partial charge is 0.166 e. The quantitative estimate of drug-likeness (QED) is 0.151. The monoisotopic (exact) mass is 656 g/mol. The summed E-state index contributed by atoms with van der Waals surface area (Å²) in [6, 6.07) is 15.4. The molecule has 2 heterocycles. The third-order valence-corrected chi connectivity index (χ3v) is 9.89. The number of carbonyl (C=O) groups is 2. The van der Waals surface area contributed by atoms with Crippen molar-refractivity contribution in [2.75, 3.05) is 40.0 Å². The van der Waals surface area contributed by atoms with E-state index in [-0.39, 0.29) is 42.1 Å². The molecule has 3 fully saturated rings. The minimum atomic E-state index is -1.06. The van der Waals surface area contributed by atoms with Gasteiger partial charge in [0.2, 0.25) is 0 Å². The Balaban J connectivity index is 1.02. The Kier molecular flexibility index (Phi) is 9.11. The summed E-state index contributed by atoms with van der Waals surface area (Å²) in [4.78, 5) is 33.2. The molecule has 0 radical (unpaired) electrons. The molecule has 250 valence electrons. The van der Waals surface area contributed by atoms with Crippen molar-refractivity contribution >= 4 is 22.5 Å². The third kappa shape index (κ3) is 6.77. The summed E-state index contributed by atoms with van der Waals surface area (Å²) in [5, 5.41) is 0.633. The molecule has 1 aromatic heterocycles. The number of ether oxygens (including phenoxy) is 4. The summed E-state index contributed by atoms with van der Waals surface area (Å²) >= 11 is 0. The van der Waals surface area contributed by atoms with Crippen LogP contribution in [-0.2, 0) is 27.2 Å². The fraction of sp³-hybridized carbons (Fsp3) is 0.395. The molecule has 0 amide bonds. The summed E-state index contributed by atoms with van der Waals surface area (Å²) in [6.45, 7) is 4.40. The first-order valence-corrected chi connectivity index (χ1v) is 16.5. The zero-order chi connectivity index (χ0) is 33.3. The molecular weight excluding hydrogens is 618 g/mol. The highest BCUT2D eigenvalue weighted by Crippen LogP contribution is 2.49. The van der Waals surface area contributed by atoms with Crippen LogP contribution < -0.4 is 14.2 Å². The largest absolute Gasteiger partial charge is 0.493 e. The summed E-state index contributed by atoms with van der Waals surface area (Å²) in [6.07, 6.45) is 4.69. The normalized spacial score (nSPS) is 20.1. The SMILES string of the molecule is COc1cc2c(Oc3ccc(CC(=O)C4(C(=O)Cc5ccc(F)cc5)CC4)cc3F)ccnc2cc1OC1CCC1CN1CCOCC1. The third-order valence-electron chi connectivity index (χ3n) is 9.89. The number of nitrogens with zero attached hydrogens (tertiary/aromatic N) is 2. The number of hydrogen-bond donors (Lipinski definition) is 0. The van der Waals surface area contributed by atoms with Gasteiger partial charge >= 0.3 is 0 Å². The van der Waals surface area contributed by atoms with Gasteiger partial charge in [0.25, 0.3) is 0 Å². The molecule has 1 saturated heterocycles. The molecule has 2 unspecified atom stereocenters. The first-order valence-electron chi connectivity index (χ1n) is 16.5. The van der Waals surface area contributed by atoms with Gasteiger partial charge in [-0.2, -0.15) is 0 Å². The highest BCUT2D eigenvalue weighted by atomic mass is 19.1. The van der Waals surface area contributed by atoms with E-state index in [1.807, 2.05) is 6.07 Å². The maximum Gasteiger partial charge on any atom is 0.166 e. The van der Waals surface area contributed by atoms with Gasteiger partial charge in [-0.25, -0.2) is 8.78 Å². The predicted molar refractivity (Wildman–Crippen MR) is 175 cm³/mol. The number of pyridine rings is 1. The van der Waals surface area contributed by atoms with Crippen molar-refractivity contribution in [2.24, 2.45) is 11.3 Å². The molecule has 2 atom stereocenters. The minimum absolute atomic E-state index is 0.00747. The Bertz CT molecular complexity index is 1820. The van der Waals surface area contributed by atoms with Crippen LogP contribution >= 0.6 is 0 Å². The standard InChI is InChI=1S/C38H38F2N2O6/c1-45-34-21-28-30(22-35(34)47-31-9-5-26(31)23-42-14-16-46-17-15-42)41-13-10-32(28)48-33-8-4-25(18-29(33)40)20-37(44)38(11-12-38)36(43)19-24-2-6-27(39)7-3-24/h2-4,6-8,10,13,18,21-22,26,31H,5,9,11-12,14-17,19-20,23H2,1H3. The lowest BCUT2D eigenvalue weighted by molar-refractivity contribution is -0.133. The molecule has 3 aliphatic rings. The number of halogens is 2. The fourth-order valence-corrected chi connectivity index (χ4v) is 6.66. The maximum atomic E-state index is 15.4. The van der Waals surface area contributed by atoms with Gasteiger partial charge in [-0.05, 0) is 73.2 Å². The number of methoxy groups -OCH3 is 1. The fourth-order valence-electron chi connectivity index (χ4n) is 6.66. The van der Waals surface area contributed by atoms with E-state index in [1.165, 1.54) is 24.3 Å². The van der Waals surface area contributed by atoms with Gasteiger partial charge < -0.3 is 18.9 Å². The number of carbonyl (C=O) groups excluding carboxylic acids is 2. The van der Waals surface area contributed by atoms with Crippen LogP contribution in [0, 0.1) is 23.0 Å². The van der Waals surface area contributed by atoms with Crippen molar-refractivity contribution in [3.63, 3.8) is 0 Å². The zero-order valence-corrected chi connectivity index (χ0v) is 26.9. The van der Waals surface area contributed by atoms with Gasteiger partial charge in [0.05, 0.1) is 31.3 Å². The van der Waals surface area contributed by atoms with Crippen molar-refractivity contribution in [3.8, 4) is 23.0 Å². The zero-order valence-electron chi connectivity index (χ0n) is 26.9. The van der Waals surface area contributed by atoms with E-state index in [0.29, 0.717) is 58.0 Å². The summed E-state index contributed by atoms with van der Waals surface area (Å²) in [5.41, 5.74) is 0.677. The van der Waals surface area contributed by atoms with Gasteiger partial charge in [0, 0.05) is 56.0 Å². The van der Waals surface area contributed by atoms with E-state index in [1.54, 1.807) is 43.6 Å². The highest BCUT2D eigenvalue weighted by Gasteiger charge is 2.54. The maximum absolute atomic E-state index is 15.4. The number of Topliss-reactive ketones (excluding diaryl/α,β-unsaturated/α-hetero) is 2. The average molecular weight is 657 g/mol. The number of ketones is 2. The van der Waals surface area contributed by atoms with Crippen LogP contribution in [0.3, 0.4) is 0 Å². The van der Waals surface area contributed by atoms with Gasteiger partial charge in [0.1, 0.15) is 17.7 Å². The lowest BCUT2D eigenvalue weighted by Crippen LogP contribution is -2.47. The Labute approximate surface area is 278 Å². The van der Waals surface area contributed by atoms with E-state index in [0.717, 1.165) is 45.7 Å². The molecule has 48 heavy (non-hydrogen) atoms. The second-order valence-corrected chi connectivity index (χ2v) is 13.0. The molecule has 0 N–H and O–H groups in total. The number of morpholine rings is 1. The van der Waals surface area contributed by atoms with Gasteiger partial charge in [-0.3, -0.25) is 19.5 Å². The number of fused-ring (bicyclic) bond motifs is 1. The molecule has 4 aromatic rings. The number of hydrogen-bond acceptors (Lipinski definition) is 8. The Hall–Kier alpha value is -4.41. The Morgan fingerprint density at radius 3 is 2.27 bits per heavy atom. The second kappa shape index (κ2) is 13.6. The molecule has 1 aliphatic heterocycles. The second-order valence-electron chi connectivity index (χ2n) is 13.0. The van der Waals surface area contributed by atoms with Crippen LogP contribution in [0.4, 0.5) is 8.78 Å². The van der Waals surface area contributed by atoms with Crippen molar-refractivity contribution in [2.45, 2.75) is 44.6 Å². The Morgan fingerprint density at radius 2 is 1.60 bits per heavy atom. The summed E-state index contributed by atoms with van der Waals surface area (Å²) in [7, 11) is 1.58. The number of rotatable bonds is 13. The van der Waals surface area contributed by atoms with Crippen LogP contribution in [-0.4, -0.2) is 67.5 Å². The molecule has 0 bridgehead atoms. The molecule has 2 saturated carbocycles. The van der Waals surface area contributed by atoms with E-state index in [9.17, 15) is 14.0 Å². The van der Waals surface area contributed by atoms with E-state index in [2.05, 4.69) is 9.88 Å². The first-order chi connectivity index (χ1) is 23.3. The number of benzene rings is 3.